The van der Waals surface area contributed by atoms with Crippen molar-refractivity contribution in [2.45, 2.75) is 13.2 Å². The molecule has 0 aromatic rings. The molecule has 52 valence electrons. The molecule has 0 aliphatic rings. The summed E-state index contributed by atoms with van der Waals surface area (Å²) < 4.78 is 9.61. The van der Waals surface area contributed by atoms with Gasteiger partial charge in [0.25, 0.3) is 0 Å². The lowest BCUT2D eigenvalue weighted by Crippen LogP contribution is -2.20. The lowest BCUT2D eigenvalue weighted by molar-refractivity contribution is -0.121. The Morgan fingerprint density at radius 1 is 1.33 bits per heavy atom. The third-order valence-electron chi connectivity index (χ3n) is 1.08. The van der Waals surface area contributed by atoms with Crippen LogP contribution < -0.4 is 0 Å². The smallest absolute Gasteiger partial charge is 0.172 e. The molecule has 0 heterocycles. The Bertz CT molecular complexity index is 104. The van der Waals surface area contributed by atoms with Gasteiger partial charge in [0.2, 0.25) is 0 Å². The van der Waals surface area contributed by atoms with Gasteiger partial charge in [-0.15, -0.1) is 0 Å². The summed E-state index contributed by atoms with van der Waals surface area (Å²) in [5.74, 6) is -0.208. The number of hydrogen-bond donors (Lipinski definition) is 0. The first-order valence-corrected chi connectivity index (χ1v) is 2.71. The fourth-order valence-corrected chi connectivity index (χ4v) is 0.565. The van der Waals surface area contributed by atoms with Crippen LogP contribution in [0, 0.1) is 17.2 Å². The van der Waals surface area contributed by atoms with Crippen LogP contribution in [0.2, 0.25) is 0 Å². The highest BCUT2D eigenvalue weighted by Crippen LogP contribution is 2.04. The first-order valence-electron chi connectivity index (χ1n) is 2.71. The van der Waals surface area contributed by atoms with Crippen molar-refractivity contribution < 1.29 is 9.47 Å². The van der Waals surface area contributed by atoms with E-state index in [1.807, 2.05) is 6.07 Å². The summed E-state index contributed by atoms with van der Waals surface area (Å²) in [5, 5.41) is 8.36. The van der Waals surface area contributed by atoms with Crippen molar-refractivity contribution in [3.63, 3.8) is 0 Å². The zero-order valence-corrected chi connectivity index (χ0v) is 5.92. The molecule has 0 aliphatic heterocycles. The first kappa shape index (κ1) is 8.41. The minimum Gasteiger partial charge on any atom is -0.355 e. The molecule has 0 unspecified atom stereocenters. The molecule has 0 radical (unpaired) electrons. The third kappa shape index (κ3) is 2.45. The van der Waals surface area contributed by atoms with Crippen molar-refractivity contribution in [3.8, 4) is 6.07 Å². The van der Waals surface area contributed by atoms with Crippen LogP contribution >= 0.6 is 0 Å². The molecule has 0 rings (SSSR count). The quantitative estimate of drug-likeness (QED) is 0.528. The van der Waals surface area contributed by atoms with E-state index < -0.39 is 6.29 Å². The van der Waals surface area contributed by atoms with Gasteiger partial charge in [0, 0.05) is 14.2 Å². The maximum absolute atomic E-state index is 8.36. The number of methoxy groups -OCH3 is 2. The molecule has 0 aromatic heterocycles. The molecule has 3 nitrogen and oxygen atoms in total. The fourth-order valence-electron chi connectivity index (χ4n) is 0.565. The Kier molecular flexibility index (Phi) is 4.02. The molecule has 0 saturated heterocycles. The summed E-state index contributed by atoms with van der Waals surface area (Å²) in [4.78, 5) is 0. The molecule has 0 fully saturated rings. The Morgan fingerprint density at radius 3 is 1.89 bits per heavy atom. The van der Waals surface area contributed by atoms with Gasteiger partial charge >= 0.3 is 0 Å². The summed E-state index contributed by atoms with van der Waals surface area (Å²) in [6, 6.07) is 2.02. The highest BCUT2D eigenvalue weighted by Gasteiger charge is 2.13. The normalized spacial score (nSPS) is 13.2. The van der Waals surface area contributed by atoms with E-state index >= 15 is 0 Å². The lowest BCUT2D eigenvalue weighted by Gasteiger charge is -2.13. The van der Waals surface area contributed by atoms with Gasteiger partial charge in [0.05, 0.1) is 12.0 Å². The largest absolute Gasteiger partial charge is 0.355 e. The Morgan fingerprint density at radius 2 is 1.78 bits per heavy atom. The zero-order valence-electron chi connectivity index (χ0n) is 5.92. The predicted molar refractivity (Wildman–Crippen MR) is 32.6 cm³/mol. The monoisotopic (exact) mass is 129 g/mol. The Hall–Kier alpha value is -0.590. The molecule has 0 aliphatic carbocycles. The number of hydrogen-bond acceptors (Lipinski definition) is 3. The van der Waals surface area contributed by atoms with Crippen LogP contribution in [0.3, 0.4) is 0 Å². The van der Waals surface area contributed by atoms with Crippen LogP contribution in [0.4, 0.5) is 0 Å². The van der Waals surface area contributed by atoms with Crippen LogP contribution in [0.25, 0.3) is 0 Å². The molecular weight excluding hydrogens is 118 g/mol. The highest BCUT2D eigenvalue weighted by molar-refractivity contribution is 4.80. The van der Waals surface area contributed by atoms with Crippen molar-refractivity contribution >= 4 is 0 Å². The summed E-state index contributed by atoms with van der Waals surface area (Å²) >= 11 is 0. The summed E-state index contributed by atoms with van der Waals surface area (Å²) in [7, 11) is 3.03. The number of nitrogens with zero attached hydrogens (tertiary/aromatic N) is 1. The molecule has 0 N–H and O–H groups in total. The minimum absolute atomic E-state index is 0.208. The molecule has 0 aromatic carbocycles. The molecule has 0 amide bonds. The second-order valence-corrected chi connectivity index (χ2v) is 1.76. The van der Waals surface area contributed by atoms with E-state index in [4.69, 9.17) is 14.7 Å². The van der Waals surface area contributed by atoms with Crippen molar-refractivity contribution in [2.24, 2.45) is 5.92 Å². The molecule has 1 atom stereocenters. The molecule has 0 saturated carbocycles. The maximum atomic E-state index is 8.36. The summed E-state index contributed by atoms with van der Waals surface area (Å²) in [6.45, 7) is 1.75. The second-order valence-electron chi connectivity index (χ2n) is 1.76. The van der Waals surface area contributed by atoms with Gasteiger partial charge in [-0.2, -0.15) is 5.26 Å². The Labute approximate surface area is 55.2 Å². The van der Waals surface area contributed by atoms with E-state index in [9.17, 15) is 0 Å². The lowest BCUT2D eigenvalue weighted by atomic mass is 10.2. The Balaban J connectivity index is 3.67. The third-order valence-corrected chi connectivity index (χ3v) is 1.08. The molecular formula is C6H11NO2. The SMILES string of the molecule is COC(OC)[C@@H](C)C#N. The topological polar surface area (TPSA) is 42.2 Å². The van der Waals surface area contributed by atoms with Crippen LogP contribution in [-0.4, -0.2) is 20.5 Å². The van der Waals surface area contributed by atoms with Gasteiger partial charge in [-0.3, -0.25) is 0 Å². The van der Waals surface area contributed by atoms with Crippen LogP contribution in [-0.2, 0) is 9.47 Å². The molecule has 0 spiro atoms. The predicted octanol–water partition coefficient (Wildman–Crippen LogP) is 0.765. The average Bonchev–Trinajstić information content (AvgIpc) is 1.90. The van der Waals surface area contributed by atoms with E-state index in [1.54, 1.807) is 6.92 Å². The van der Waals surface area contributed by atoms with Crippen molar-refractivity contribution in [1.82, 2.24) is 0 Å². The minimum atomic E-state index is -0.394. The van der Waals surface area contributed by atoms with E-state index in [0.717, 1.165) is 0 Å². The molecule has 9 heavy (non-hydrogen) atoms. The standard InChI is InChI=1S/C6H11NO2/c1-5(4-7)6(8-2)9-3/h5-6H,1-3H3/t5-/m0/s1. The molecule has 0 bridgehead atoms. The summed E-state index contributed by atoms with van der Waals surface area (Å²) in [5.41, 5.74) is 0. The zero-order chi connectivity index (χ0) is 7.28. The second kappa shape index (κ2) is 4.30. The number of nitriles is 1. The first-order chi connectivity index (χ1) is 4.26. The van der Waals surface area contributed by atoms with Crippen LogP contribution in [0.1, 0.15) is 6.92 Å². The summed E-state index contributed by atoms with van der Waals surface area (Å²) in [6.07, 6.45) is -0.394. The van der Waals surface area contributed by atoms with E-state index in [-0.39, 0.29) is 5.92 Å². The van der Waals surface area contributed by atoms with Crippen molar-refractivity contribution in [1.29, 1.82) is 5.26 Å². The van der Waals surface area contributed by atoms with Gasteiger partial charge in [0.15, 0.2) is 6.29 Å². The van der Waals surface area contributed by atoms with Gasteiger partial charge < -0.3 is 9.47 Å². The maximum Gasteiger partial charge on any atom is 0.172 e. The van der Waals surface area contributed by atoms with E-state index in [1.165, 1.54) is 14.2 Å². The van der Waals surface area contributed by atoms with Gasteiger partial charge in [0.1, 0.15) is 0 Å². The van der Waals surface area contributed by atoms with Crippen molar-refractivity contribution in [2.75, 3.05) is 14.2 Å². The van der Waals surface area contributed by atoms with E-state index in [2.05, 4.69) is 0 Å². The van der Waals surface area contributed by atoms with Gasteiger partial charge in [-0.1, -0.05) is 0 Å². The van der Waals surface area contributed by atoms with Crippen molar-refractivity contribution in [3.05, 3.63) is 0 Å². The van der Waals surface area contributed by atoms with Gasteiger partial charge in [-0.25, -0.2) is 0 Å². The van der Waals surface area contributed by atoms with Crippen LogP contribution in [0.15, 0.2) is 0 Å². The van der Waals surface area contributed by atoms with E-state index in [0.29, 0.717) is 0 Å². The fraction of sp³-hybridized carbons (Fsp3) is 0.833. The highest BCUT2D eigenvalue weighted by atomic mass is 16.7. The van der Waals surface area contributed by atoms with Gasteiger partial charge in [-0.05, 0) is 6.92 Å². The average molecular weight is 129 g/mol. The van der Waals surface area contributed by atoms with Crippen LogP contribution in [0.5, 0.6) is 0 Å². The molecule has 3 heteroatoms. The number of ether oxygens (including phenoxy) is 2. The number of rotatable bonds is 3.